The number of amides is 1. The number of nitrogens with zero attached hydrogens (tertiary/aromatic N) is 2. The number of benzene rings is 1. The lowest BCUT2D eigenvalue weighted by atomic mass is 9.92. The molecule has 0 aliphatic carbocycles. The summed E-state index contributed by atoms with van der Waals surface area (Å²) in [5, 5.41) is 19.1. The van der Waals surface area contributed by atoms with E-state index in [1.165, 1.54) is 11.8 Å². The van der Waals surface area contributed by atoms with Crippen molar-refractivity contribution >= 4 is 23.6 Å². The normalized spacial score (nSPS) is 21.2. The zero-order chi connectivity index (χ0) is 21.4. The lowest BCUT2D eigenvalue weighted by molar-refractivity contribution is -0.688. The van der Waals surface area contributed by atoms with Crippen molar-refractivity contribution in [2.45, 2.75) is 24.9 Å². The fourth-order valence-corrected chi connectivity index (χ4v) is 4.98. The van der Waals surface area contributed by atoms with Gasteiger partial charge in [0.2, 0.25) is 12.1 Å². The molecule has 8 nitrogen and oxygen atoms in total. The Morgan fingerprint density at radius 2 is 2.00 bits per heavy atom. The molecule has 2 N–H and O–H groups in total. The highest BCUT2D eigenvalue weighted by Crippen LogP contribution is 2.50. The summed E-state index contributed by atoms with van der Waals surface area (Å²) in [6.45, 7) is 2.16. The molecule has 1 saturated heterocycles. The number of aromatic nitrogens is 1. The topological polar surface area (TPSA) is 100 Å². The second-order valence-corrected chi connectivity index (χ2v) is 8.18. The van der Waals surface area contributed by atoms with Crippen LogP contribution in [0.15, 0.2) is 59.6 Å². The monoisotopic (exact) mass is 429 g/mol. The van der Waals surface area contributed by atoms with E-state index in [2.05, 4.69) is 0 Å². The highest BCUT2D eigenvalue weighted by atomic mass is 32.2. The molecule has 0 saturated carbocycles. The molecule has 3 heterocycles. The van der Waals surface area contributed by atoms with Crippen molar-refractivity contribution in [3.63, 3.8) is 0 Å². The van der Waals surface area contributed by atoms with Crippen LogP contribution in [0.2, 0.25) is 0 Å². The standard InChI is InChI=1S/C21H20N2O6S/c1-12(24)16-18(25)23-17(20(26)27)21(30-19(16)23)29-14-7-5-13(6-8-14)10-22-9-3-4-15(11-22)28-2/h3-9,11-12,16,19,24H,10H2,1-2H3/p+1/t12-,16+,19-/m1/s1. The van der Waals surface area contributed by atoms with Crippen LogP contribution in [0.1, 0.15) is 12.5 Å². The third-order valence-electron chi connectivity index (χ3n) is 5.03. The van der Waals surface area contributed by atoms with Crippen molar-refractivity contribution in [2.24, 2.45) is 5.92 Å². The number of aliphatic hydroxyl groups excluding tert-OH is 1. The summed E-state index contributed by atoms with van der Waals surface area (Å²) in [7, 11) is 1.62. The van der Waals surface area contributed by atoms with Gasteiger partial charge in [-0.3, -0.25) is 9.69 Å². The summed E-state index contributed by atoms with van der Waals surface area (Å²) in [4.78, 5) is 25.1. The van der Waals surface area contributed by atoms with Crippen LogP contribution in [0.25, 0.3) is 0 Å². The zero-order valence-electron chi connectivity index (χ0n) is 16.4. The van der Waals surface area contributed by atoms with Crippen molar-refractivity contribution in [2.75, 3.05) is 7.11 Å². The Labute approximate surface area is 177 Å². The molecule has 0 spiro atoms. The van der Waals surface area contributed by atoms with Crippen LogP contribution in [0.4, 0.5) is 0 Å². The van der Waals surface area contributed by atoms with E-state index in [-0.39, 0.29) is 10.8 Å². The van der Waals surface area contributed by atoms with Gasteiger partial charge in [-0.15, -0.1) is 0 Å². The highest BCUT2D eigenvalue weighted by Gasteiger charge is 2.58. The van der Waals surface area contributed by atoms with Gasteiger partial charge >= 0.3 is 5.97 Å². The lowest BCUT2D eigenvalue weighted by Crippen LogP contribution is -2.60. The average Bonchev–Trinajstić information content (AvgIpc) is 3.03. The number of hydrogen-bond donors (Lipinski definition) is 2. The Hall–Kier alpha value is -3.04. The summed E-state index contributed by atoms with van der Waals surface area (Å²) in [5.74, 6) is -1.03. The smallest absolute Gasteiger partial charge is 0.357 e. The van der Waals surface area contributed by atoms with E-state index < -0.39 is 29.3 Å². The Balaban J connectivity index is 1.49. The van der Waals surface area contributed by atoms with Gasteiger partial charge in [0, 0.05) is 11.6 Å². The van der Waals surface area contributed by atoms with Crippen LogP contribution in [0.3, 0.4) is 0 Å². The first-order valence-corrected chi connectivity index (χ1v) is 10.2. The number of ether oxygens (including phenoxy) is 2. The van der Waals surface area contributed by atoms with Crippen molar-refractivity contribution in [1.29, 1.82) is 0 Å². The maximum atomic E-state index is 12.2. The number of aliphatic hydroxyl groups is 1. The molecule has 3 atom stereocenters. The summed E-state index contributed by atoms with van der Waals surface area (Å²) in [6, 6.07) is 11.1. The Morgan fingerprint density at radius 3 is 2.63 bits per heavy atom. The molecule has 156 valence electrons. The van der Waals surface area contributed by atoms with E-state index in [0.29, 0.717) is 12.3 Å². The molecule has 9 heteroatoms. The number of aliphatic carboxylic acids is 1. The summed E-state index contributed by atoms with van der Waals surface area (Å²) < 4.78 is 13.0. The van der Waals surface area contributed by atoms with Crippen molar-refractivity contribution in [3.05, 3.63) is 65.1 Å². The third kappa shape index (κ3) is 3.61. The van der Waals surface area contributed by atoms with E-state index in [4.69, 9.17) is 9.47 Å². The number of pyridine rings is 1. The van der Waals surface area contributed by atoms with Crippen LogP contribution in [0.5, 0.6) is 11.5 Å². The van der Waals surface area contributed by atoms with Crippen LogP contribution >= 0.6 is 11.8 Å². The second kappa shape index (κ2) is 8.00. The van der Waals surface area contributed by atoms with Crippen LogP contribution in [0, 0.1) is 5.92 Å². The summed E-state index contributed by atoms with van der Waals surface area (Å²) in [5.41, 5.74) is 0.850. The number of carboxylic acids is 1. The molecule has 0 unspecified atom stereocenters. The SMILES string of the molecule is COc1ccc[n+](Cc2ccc(OC3=C(C(=O)O)N4C(=O)[C@H]([C@@H](C)O)[C@H]4S3)cc2)c1. The molecule has 30 heavy (non-hydrogen) atoms. The van der Waals surface area contributed by atoms with Gasteiger partial charge in [0.05, 0.1) is 19.1 Å². The average molecular weight is 429 g/mol. The van der Waals surface area contributed by atoms with Crippen molar-refractivity contribution < 1.29 is 33.8 Å². The van der Waals surface area contributed by atoms with Gasteiger partial charge in [0.15, 0.2) is 29.3 Å². The van der Waals surface area contributed by atoms with Crippen LogP contribution in [-0.2, 0) is 16.1 Å². The fourth-order valence-electron chi connectivity index (χ4n) is 3.52. The first-order valence-electron chi connectivity index (χ1n) is 9.34. The van der Waals surface area contributed by atoms with E-state index in [1.807, 2.05) is 41.2 Å². The molecule has 0 radical (unpaired) electrons. The van der Waals surface area contributed by atoms with Gasteiger partial charge in [0.1, 0.15) is 11.1 Å². The predicted octanol–water partition coefficient (Wildman–Crippen LogP) is 1.58. The van der Waals surface area contributed by atoms with E-state index in [1.54, 1.807) is 19.2 Å². The Bertz CT molecular complexity index is 1020. The van der Waals surface area contributed by atoms with Gasteiger partial charge in [-0.2, -0.15) is 4.57 Å². The minimum Gasteiger partial charge on any atom is -0.491 e. The number of carboxylic acid groups (broad SMARTS) is 1. The van der Waals surface area contributed by atoms with E-state index in [0.717, 1.165) is 23.1 Å². The van der Waals surface area contributed by atoms with Crippen molar-refractivity contribution in [1.82, 2.24) is 4.90 Å². The largest absolute Gasteiger partial charge is 0.491 e. The quantitative estimate of drug-likeness (QED) is 0.509. The molecule has 4 rings (SSSR count). The number of rotatable bonds is 7. The lowest BCUT2D eigenvalue weighted by Gasteiger charge is -2.43. The number of carbonyl (C=O) groups is 2. The van der Waals surface area contributed by atoms with E-state index in [9.17, 15) is 19.8 Å². The molecule has 1 fully saturated rings. The minimum atomic E-state index is -1.23. The first kappa shape index (κ1) is 20.2. The molecule has 0 bridgehead atoms. The second-order valence-electron chi connectivity index (χ2n) is 7.09. The molecule has 2 aliphatic heterocycles. The third-order valence-corrected chi connectivity index (χ3v) is 6.27. The van der Waals surface area contributed by atoms with Crippen molar-refractivity contribution in [3.8, 4) is 11.5 Å². The maximum Gasteiger partial charge on any atom is 0.357 e. The molecule has 1 aromatic carbocycles. The maximum absolute atomic E-state index is 12.2. The number of carbonyl (C=O) groups excluding carboxylic acids is 1. The Kier molecular flexibility index (Phi) is 5.40. The molecule has 1 aromatic heterocycles. The molecule has 2 aromatic rings. The fraction of sp³-hybridized carbons (Fsp3) is 0.286. The number of β-lactam (4-membered cyclic amide) rings is 1. The highest BCUT2D eigenvalue weighted by molar-refractivity contribution is 8.03. The number of hydrogen-bond acceptors (Lipinski definition) is 6. The van der Waals surface area contributed by atoms with E-state index >= 15 is 0 Å². The van der Waals surface area contributed by atoms with Gasteiger partial charge in [-0.1, -0.05) is 11.8 Å². The Morgan fingerprint density at radius 1 is 1.27 bits per heavy atom. The summed E-state index contributed by atoms with van der Waals surface area (Å²) in [6.07, 6.45) is 2.98. The number of fused-ring (bicyclic) bond motifs is 1. The zero-order valence-corrected chi connectivity index (χ0v) is 17.2. The molecule has 1 amide bonds. The predicted molar refractivity (Wildman–Crippen MR) is 107 cm³/mol. The van der Waals surface area contributed by atoms with Gasteiger partial charge in [0.25, 0.3) is 0 Å². The minimum absolute atomic E-state index is 0.152. The summed E-state index contributed by atoms with van der Waals surface area (Å²) >= 11 is 1.15. The molecule has 2 aliphatic rings. The van der Waals surface area contributed by atoms with Gasteiger partial charge < -0.3 is 19.7 Å². The van der Waals surface area contributed by atoms with Crippen LogP contribution < -0.4 is 14.0 Å². The van der Waals surface area contributed by atoms with Crippen LogP contribution in [-0.4, -0.2) is 45.6 Å². The molecular formula is C21H21N2O6S+. The number of methoxy groups -OCH3 is 1. The first-order chi connectivity index (χ1) is 14.4. The van der Waals surface area contributed by atoms with Gasteiger partial charge in [-0.05, 0) is 37.3 Å². The number of thioether (sulfide) groups is 1. The van der Waals surface area contributed by atoms with Gasteiger partial charge in [-0.25, -0.2) is 4.79 Å². The molecular weight excluding hydrogens is 408 g/mol.